The summed E-state index contributed by atoms with van der Waals surface area (Å²) in [6, 6.07) is 16.1. The van der Waals surface area contributed by atoms with Gasteiger partial charge in [-0.1, -0.05) is 23.7 Å². The van der Waals surface area contributed by atoms with Gasteiger partial charge in [0, 0.05) is 17.8 Å². The molecule has 32 heavy (non-hydrogen) atoms. The Balaban J connectivity index is 1.59. The van der Waals surface area contributed by atoms with Crippen molar-refractivity contribution in [2.45, 2.75) is 16.2 Å². The van der Waals surface area contributed by atoms with E-state index in [4.69, 9.17) is 11.6 Å². The summed E-state index contributed by atoms with van der Waals surface area (Å²) in [5.41, 5.74) is 1.63. The third-order valence-corrected chi connectivity index (χ3v) is 7.90. The highest BCUT2D eigenvalue weighted by atomic mass is 35.5. The van der Waals surface area contributed by atoms with E-state index in [1.54, 1.807) is 31.3 Å². The van der Waals surface area contributed by atoms with E-state index in [-0.39, 0.29) is 33.5 Å². The maximum atomic E-state index is 12.9. The summed E-state index contributed by atoms with van der Waals surface area (Å²) in [5.74, 6) is -0.118. The Morgan fingerprint density at radius 1 is 0.812 bits per heavy atom. The highest BCUT2D eigenvalue weighted by Gasteiger charge is 2.26. The lowest BCUT2D eigenvalue weighted by atomic mass is 10.2. The average Bonchev–Trinajstić information content (AvgIpc) is 3.01. The minimum atomic E-state index is -4.01. The lowest BCUT2D eigenvalue weighted by molar-refractivity contribution is -0.117. The third kappa shape index (κ3) is 4.43. The van der Waals surface area contributed by atoms with Gasteiger partial charge in [0.1, 0.15) is 0 Å². The number of likely N-dealkylation sites (N-methyl/N-ethyl adjacent to an activating group) is 1. The summed E-state index contributed by atoms with van der Waals surface area (Å²) >= 11 is 5.89. The molecular weight excluding hydrogens is 474 g/mol. The van der Waals surface area contributed by atoms with Gasteiger partial charge in [0.2, 0.25) is 5.91 Å². The summed E-state index contributed by atoms with van der Waals surface area (Å²) in [7, 11) is -6.36. The molecule has 1 aliphatic heterocycles. The number of rotatable bonds is 6. The van der Waals surface area contributed by atoms with Gasteiger partial charge in [-0.15, -0.1) is 0 Å². The minimum absolute atomic E-state index is 0.0235. The summed E-state index contributed by atoms with van der Waals surface area (Å²) in [4.78, 5) is 13.2. The van der Waals surface area contributed by atoms with Gasteiger partial charge < -0.3 is 4.90 Å². The van der Waals surface area contributed by atoms with E-state index in [1.807, 2.05) is 0 Å². The van der Waals surface area contributed by atoms with Crippen LogP contribution in [0.2, 0.25) is 5.02 Å². The van der Waals surface area contributed by atoms with Crippen LogP contribution >= 0.6 is 11.6 Å². The van der Waals surface area contributed by atoms with Gasteiger partial charge in [0.05, 0.1) is 27.6 Å². The first kappa shape index (κ1) is 22.1. The number of sulfonamides is 2. The van der Waals surface area contributed by atoms with Crippen LogP contribution in [0.5, 0.6) is 0 Å². The van der Waals surface area contributed by atoms with Crippen molar-refractivity contribution in [1.82, 2.24) is 0 Å². The van der Waals surface area contributed by atoms with Crippen LogP contribution in [0.1, 0.15) is 5.56 Å². The Morgan fingerprint density at radius 2 is 1.41 bits per heavy atom. The van der Waals surface area contributed by atoms with E-state index >= 15 is 0 Å². The molecule has 4 rings (SSSR count). The third-order valence-electron chi connectivity index (χ3n) is 4.91. The van der Waals surface area contributed by atoms with E-state index in [1.165, 1.54) is 47.4 Å². The van der Waals surface area contributed by atoms with E-state index in [9.17, 15) is 21.6 Å². The van der Waals surface area contributed by atoms with Crippen LogP contribution in [0.4, 0.5) is 17.1 Å². The second-order valence-electron chi connectivity index (χ2n) is 7.17. The van der Waals surface area contributed by atoms with Crippen molar-refractivity contribution in [1.29, 1.82) is 0 Å². The van der Waals surface area contributed by atoms with E-state index in [2.05, 4.69) is 9.44 Å². The van der Waals surface area contributed by atoms with Crippen molar-refractivity contribution in [3.8, 4) is 0 Å². The first-order valence-electron chi connectivity index (χ1n) is 9.36. The fourth-order valence-electron chi connectivity index (χ4n) is 3.32. The molecule has 11 heteroatoms. The number of carbonyl (C=O) groups excluding carboxylic acids is 1. The molecule has 0 saturated carbocycles. The molecule has 0 aromatic heterocycles. The Labute approximate surface area is 190 Å². The van der Waals surface area contributed by atoms with Gasteiger partial charge in [0.15, 0.2) is 0 Å². The van der Waals surface area contributed by atoms with Crippen molar-refractivity contribution >= 4 is 54.6 Å². The number of carbonyl (C=O) groups is 1. The van der Waals surface area contributed by atoms with Gasteiger partial charge in [-0.25, -0.2) is 16.8 Å². The number of hydrogen-bond acceptors (Lipinski definition) is 5. The molecule has 0 radical (unpaired) electrons. The Bertz CT molecular complexity index is 1440. The molecule has 1 aliphatic rings. The Hall–Kier alpha value is -3.08. The van der Waals surface area contributed by atoms with Crippen LogP contribution in [-0.2, 0) is 31.3 Å². The van der Waals surface area contributed by atoms with E-state index < -0.39 is 20.0 Å². The van der Waals surface area contributed by atoms with Crippen molar-refractivity contribution in [3.63, 3.8) is 0 Å². The maximum Gasteiger partial charge on any atom is 0.261 e. The molecule has 8 nitrogen and oxygen atoms in total. The standard InChI is InChI=1S/C21H18ClN3O5S2/c1-25-20-9-8-19(10-14(20)11-21(25)26)32(29,30)24-17-6-3-7-18(13-17)31(27,28)23-16-5-2-4-15(22)12-16/h2-10,12-13,23-24H,11H2,1H3. The quantitative estimate of drug-likeness (QED) is 0.548. The minimum Gasteiger partial charge on any atom is -0.315 e. The van der Waals surface area contributed by atoms with Crippen molar-refractivity contribution in [2.24, 2.45) is 0 Å². The van der Waals surface area contributed by atoms with Crippen molar-refractivity contribution < 1.29 is 21.6 Å². The topological polar surface area (TPSA) is 113 Å². The normalized spacial score (nSPS) is 13.7. The van der Waals surface area contributed by atoms with Gasteiger partial charge >= 0.3 is 0 Å². The summed E-state index contributed by atoms with van der Waals surface area (Å²) in [6.07, 6.45) is 0.123. The second-order valence-corrected chi connectivity index (χ2v) is 11.0. The maximum absolute atomic E-state index is 12.9. The van der Waals surface area contributed by atoms with Gasteiger partial charge in [-0.2, -0.15) is 0 Å². The first-order chi connectivity index (χ1) is 15.0. The zero-order valence-corrected chi connectivity index (χ0v) is 19.1. The highest BCUT2D eigenvalue weighted by molar-refractivity contribution is 7.93. The molecule has 0 spiro atoms. The van der Waals surface area contributed by atoms with Crippen LogP contribution in [0.25, 0.3) is 0 Å². The molecule has 0 saturated heterocycles. The molecule has 2 N–H and O–H groups in total. The number of hydrogen-bond donors (Lipinski definition) is 2. The predicted octanol–water partition coefficient (Wildman–Crippen LogP) is 3.46. The van der Waals surface area contributed by atoms with Crippen molar-refractivity contribution in [2.75, 3.05) is 21.4 Å². The number of fused-ring (bicyclic) bond motifs is 1. The van der Waals surface area contributed by atoms with Crippen LogP contribution in [0.3, 0.4) is 0 Å². The molecule has 0 atom stereocenters. The molecule has 1 amide bonds. The molecule has 3 aromatic carbocycles. The number of halogens is 1. The summed E-state index contributed by atoms with van der Waals surface area (Å²) in [5, 5.41) is 0.369. The zero-order chi connectivity index (χ0) is 23.1. The van der Waals surface area contributed by atoms with Gasteiger partial charge in [0.25, 0.3) is 20.0 Å². The molecule has 166 valence electrons. The smallest absolute Gasteiger partial charge is 0.261 e. The fraction of sp³-hybridized carbons (Fsp3) is 0.0952. The number of anilines is 3. The van der Waals surface area contributed by atoms with Crippen LogP contribution in [-0.4, -0.2) is 29.8 Å². The highest BCUT2D eigenvalue weighted by Crippen LogP contribution is 2.30. The zero-order valence-electron chi connectivity index (χ0n) is 16.7. The predicted molar refractivity (Wildman–Crippen MR) is 123 cm³/mol. The van der Waals surface area contributed by atoms with Gasteiger partial charge in [-0.3, -0.25) is 14.2 Å². The molecule has 1 heterocycles. The molecule has 0 bridgehead atoms. The van der Waals surface area contributed by atoms with Crippen molar-refractivity contribution in [3.05, 3.63) is 77.3 Å². The lowest BCUT2D eigenvalue weighted by Crippen LogP contribution is -2.20. The number of nitrogens with one attached hydrogen (secondary N) is 2. The van der Waals surface area contributed by atoms with E-state index in [0.717, 1.165) is 0 Å². The van der Waals surface area contributed by atoms with E-state index in [0.29, 0.717) is 16.3 Å². The summed E-state index contributed by atoms with van der Waals surface area (Å²) in [6.45, 7) is 0. The SMILES string of the molecule is CN1C(=O)Cc2cc(S(=O)(=O)Nc3cccc(S(=O)(=O)Nc4cccc(Cl)c4)c3)ccc21. The Kier molecular flexibility index (Phi) is 5.61. The second kappa shape index (κ2) is 8.12. The number of amides is 1. The summed E-state index contributed by atoms with van der Waals surface area (Å²) < 4.78 is 56.0. The first-order valence-corrected chi connectivity index (χ1v) is 12.7. The molecule has 3 aromatic rings. The molecule has 0 unspecified atom stereocenters. The lowest BCUT2D eigenvalue weighted by Gasteiger charge is -2.13. The number of nitrogens with zero attached hydrogens (tertiary/aromatic N) is 1. The monoisotopic (exact) mass is 491 g/mol. The van der Waals surface area contributed by atoms with Crippen LogP contribution in [0, 0.1) is 0 Å². The van der Waals surface area contributed by atoms with Gasteiger partial charge in [-0.05, 0) is 60.2 Å². The average molecular weight is 492 g/mol. The molecular formula is C21H18ClN3O5S2. The fourth-order valence-corrected chi connectivity index (χ4v) is 5.71. The Morgan fingerprint density at radius 3 is 2.06 bits per heavy atom. The molecule has 0 aliphatic carbocycles. The number of benzene rings is 3. The largest absolute Gasteiger partial charge is 0.315 e. The van der Waals surface area contributed by atoms with Crippen LogP contribution < -0.4 is 14.3 Å². The molecule has 0 fully saturated rings. The van der Waals surface area contributed by atoms with Crippen LogP contribution in [0.15, 0.2) is 76.5 Å².